The Bertz CT molecular complexity index is 687. The number of carbonyl (C=O) groups is 1. The van der Waals surface area contributed by atoms with Crippen LogP contribution in [0, 0.1) is 12.8 Å². The Morgan fingerprint density at radius 1 is 1.29 bits per heavy atom. The van der Waals surface area contributed by atoms with Crippen molar-refractivity contribution in [2.75, 3.05) is 13.1 Å². The van der Waals surface area contributed by atoms with Gasteiger partial charge in [0.05, 0.1) is 5.69 Å². The Hall–Kier alpha value is -2.31. The summed E-state index contributed by atoms with van der Waals surface area (Å²) in [5.41, 5.74) is 1.46. The molecule has 0 N–H and O–H groups in total. The fraction of sp³-hybridized carbons (Fsp3) is 0.588. The van der Waals surface area contributed by atoms with Gasteiger partial charge in [-0.15, -0.1) is 5.10 Å². The molecule has 128 valence electrons. The Balaban J connectivity index is 1.61. The van der Waals surface area contributed by atoms with Crippen LogP contribution in [0.1, 0.15) is 50.6 Å². The van der Waals surface area contributed by atoms with E-state index < -0.39 is 0 Å². The minimum atomic E-state index is 0.202. The van der Waals surface area contributed by atoms with Gasteiger partial charge >= 0.3 is 0 Å². The Labute approximate surface area is 141 Å². The van der Waals surface area contributed by atoms with E-state index in [0.29, 0.717) is 29.7 Å². The highest BCUT2D eigenvalue weighted by atomic mass is 16.5. The van der Waals surface area contributed by atoms with Gasteiger partial charge in [0.15, 0.2) is 0 Å². The van der Waals surface area contributed by atoms with Crippen molar-refractivity contribution in [3.8, 4) is 11.5 Å². The molecular weight excluding hydrogens is 306 g/mol. The molecular formula is C17H23N5O2. The summed E-state index contributed by atoms with van der Waals surface area (Å²) < 4.78 is 5.42. The normalized spacial score (nSPS) is 15.9. The first-order valence-electron chi connectivity index (χ1n) is 8.45. The number of aromatic nitrogens is 4. The summed E-state index contributed by atoms with van der Waals surface area (Å²) >= 11 is 0. The zero-order valence-corrected chi connectivity index (χ0v) is 14.4. The van der Waals surface area contributed by atoms with E-state index in [-0.39, 0.29) is 11.8 Å². The monoisotopic (exact) mass is 329 g/mol. The minimum absolute atomic E-state index is 0.202. The first-order valence-corrected chi connectivity index (χ1v) is 8.45. The van der Waals surface area contributed by atoms with Crippen LogP contribution in [0.15, 0.2) is 16.7 Å². The molecule has 1 saturated heterocycles. The molecule has 7 heteroatoms. The molecule has 0 saturated carbocycles. The lowest BCUT2D eigenvalue weighted by Gasteiger charge is -2.30. The highest BCUT2D eigenvalue weighted by Gasteiger charge is 2.27. The molecule has 2 aromatic heterocycles. The van der Waals surface area contributed by atoms with Crippen molar-refractivity contribution in [2.24, 2.45) is 5.92 Å². The van der Waals surface area contributed by atoms with Crippen LogP contribution < -0.4 is 0 Å². The average Bonchev–Trinajstić information content (AvgIpc) is 3.05. The molecule has 24 heavy (non-hydrogen) atoms. The summed E-state index contributed by atoms with van der Waals surface area (Å²) in [6, 6.07) is 3.71. The first-order chi connectivity index (χ1) is 11.5. The average molecular weight is 329 g/mol. The van der Waals surface area contributed by atoms with Crippen molar-refractivity contribution in [1.29, 1.82) is 0 Å². The van der Waals surface area contributed by atoms with Crippen molar-refractivity contribution in [2.45, 2.75) is 46.0 Å². The standard InChI is InChI=1S/C17H23N5O2/c1-11(2)10-15(23)22-8-6-13(7-9-22)17-18-16(21-24-17)14-5-4-12(3)19-20-14/h4-5,11,13H,6-10H2,1-3H3. The highest BCUT2D eigenvalue weighted by Crippen LogP contribution is 2.28. The number of likely N-dealkylation sites (tertiary alicyclic amines) is 1. The largest absolute Gasteiger partial charge is 0.343 e. The van der Waals surface area contributed by atoms with Crippen LogP contribution in [0.25, 0.3) is 11.5 Å². The van der Waals surface area contributed by atoms with Crippen molar-refractivity contribution in [3.05, 3.63) is 23.7 Å². The van der Waals surface area contributed by atoms with Crippen LogP contribution in [0.4, 0.5) is 0 Å². The van der Waals surface area contributed by atoms with Crippen molar-refractivity contribution < 1.29 is 9.32 Å². The SMILES string of the molecule is Cc1ccc(-c2noc(C3CCN(C(=O)CC(C)C)CC3)n2)nn1. The molecule has 2 aromatic rings. The van der Waals surface area contributed by atoms with Crippen LogP contribution in [0.2, 0.25) is 0 Å². The van der Waals surface area contributed by atoms with E-state index in [1.165, 1.54) is 0 Å². The second-order valence-corrected chi connectivity index (χ2v) is 6.77. The molecule has 3 rings (SSSR count). The quantitative estimate of drug-likeness (QED) is 0.857. The molecule has 1 amide bonds. The zero-order chi connectivity index (χ0) is 17.1. The van der Waals surface area contributed by atoms with Crippen LogP contribution in [-0.2, 0) is 4.79 Å². The Morgan fingerprint density at radius 3 is 2.67 bits per heavy atom. The third kappa shape index (κ3) is 3.77. The van der Waals surface area contributed by atoms with Crippen LogP contribution in [0.5, 0.6) is 0 Å². The molecule has 0 radical (unpaired) electrons. The summed E-state index contributed by atoms with van der Waals surface area (Å²) in [7, 11) is 0. The number of piperidine rings is 1. The van der Waals surface area contributed by atoms with Gasteiger partial charge < -0.3 is 9.42 Å². The van der Waals surface area contributed by atoms with E-state index in [4.69, 9.17) is 4.52 Å². The molecule has 0 atom stereocenters. The highest BCUT2D eigenvalue weighted by molar-refractivity contribution is 5.76. The molecule has 0 spiro atoms. The number of rotatable bonds is 4. The number of hydrogen-bond acceptors (Lipinski definition) is 6. The lowest BCUT2D eigenvalue weighted by molar-refractivity contribution is -0.133. The molecule has 3 heterocycles. The van der Waals surface area contributed by atoms with Crippen molar-refractivity contribution in [3.63, 3.8) is 0 Å². The predicted octanol–water partition coefficient (Wildman–Crippen LogP) is 2.59. The van der Waals surface area contributed by atoms with Crippen molar-refractivity contribution >= 4 is 5.91 Å². The lowest BCUT2D eigenvalue weighted by atomic mass is 9.96. The number of carbonyl (C=O) groups excluding carboxylic acids is 1. The van der Waals surface area contributed by atoms with Gasteiger partial charge in [-0.2, -0.15) is 10.1 Å². The third-order valence-corrected chi connectivity index (χ3v) is 4.25. The smallest absolute Gasteiger partial charge is 0.230 e. The number of amides is 1. The zero-order valence-electron chi connectivity index (χ0n) is 14.4. The maximum absolute atomic E-state index is 12.1. The molecule has 0 bridgehead atoms. The molecule has 0 aromatic carbocycles. The maximum atomic E-state index is 12.1. The van der Waals surface area contributed by atoms with Gasteiger partial charge in [-0.1, -0.05) is 19.0 Å². The third-order valence-electron chi connectivity index (χ3n) is 4.25. The Morgan fingerprint density at radius 2 is 2.04 bits per heavy atom. The van der Waals surface area contributed by atoms with E-state index in [1.54, 1.807) is 0 Å². The number of nitrogens with zero attached hydrogens (tertiary/aromatic N) is 5. The molecule has 0 unspecified atom stereocenters. The van der Waals surface area contributed by atoms with E-state index in [1.807, 2.05) is 24.0 Å². The lowest BCUT2D eigenvalue weighted by Crippen LogP contribution is -2.38. The fourth-order valence-electron chi connectivity index (χ4n) is 2.88. The van der Waals surface area contributed by atoms with Gasteiger partial charge in [0.25, 0.3) is 0 Å². The Kier molecular flexibility index (Phi) is 4.87. The maximum Gasteiger partial charge on any atom is 0.230 e. The fourth-order valence-corrected chi connectivity index (χ4v) is 2.88. The predicted molar refractivity (Wildman–Crippen MR) is 88.1 cm³/mol. The van der Waals surface area contributed by atoms with Crippen molar-refractivity contribution in [1.82, 2.24) is 25.2 Å². The summed E-state index contributed by atoms with van der Waals surface area (Å²) in [5, 5.41) is 12.1. The molecule has 7 nitrogen and oxygen atoms in total. The van der Waals surface area contributed by atoms with Crippen LogP contribution >= 0.6 is 0 Å². The van der Waals surface area contributed by atoms with Gasteiger partial charge in [0.1, 0.15) is 5.69 Å². The van der Waals surface area contributed by atoms with Gasteiger partial charge in [0.2, 0.25) is 17.6 Å². The second kappa shape index (κ2) is 7.07. The number of hydrogen-bond donors (Lipinski definition) is 0. The molecule has 1 aliphatic rings. The van der Waals surface area contributed by atoms with E-state index in [9.17, 15) is 4.79 Å². The summed E-state index contributed by atoms with van der Waals surface area (Å²) in [5.74, 6) is 1.93. The summed E-state index contributed by atoms with van der Waals surface area (Å²) in [4.78, 5) is 18.5. The second-order valence-electron chi connectivity index (χ2n) is 6.77. The van der Waals surface area contributed by atoms with Gasteiger partial charge in [0, 0.05) is 25.4 Å². The van der Waals surface area contributed by atoms with E-state index in [0.717, 1.165) is 31.6 Å². The summed E-state index contributed by atoms with van der Waals surface area (Å²) in [6.07, 6.45) is 2.32. The van der Waals surface area contributed by atoms with Gasteiger partial charge in [-0.25, -0.2) is 0 Å². The molecule has 1 fully saturated rings. The van der Waals surface area contributed by atoms with Crippen LogP contribution in [0.3, 0.4) is 0 Å². The molecule has 0 aliphatic carbocycles. The topological polar surface area (TPSA) is 85.0 Å². The van der Waals surface area contributed by atoms with Gasteiger partial charge in [-0.3, -0.25) is 4.79 Å². The molecule has 1 aliphatic heterocycles. The van der Waals surface area contributed by atoms with E-state index >= 15 is 0 Å². The first kappa shape index (κ1) is 16.5. The minimum Gasteiger partial charge on any atom is -0.343 e. The summed E-state index contributed by atoms with van der Waals surface area (Å²) in [6.45, 7) is 7.51. The number of aryl methyl sites for hydroxylation is 1. The van der Waals surface area contributed by atoms with Gasteiger partial charge in [-0.05, 0) is 37.8 Å². The van der Waals surface area contributed by atoms with E-state index in [2.05, 4.69) is 34.2 Å². The van der Waals surface area contributed by atoms with Crippen LogP contribution in [-0.4, -0.2) is 44.2 Å².